The monoisotopic (exact) mass is 526 g/mol. The first kappa shape index (κ1) is 25.9. The van der Waals surface area contributed by atoms with Crippen molar-refractivity contribution in [3.05, 3.63) is 88.6 Å². The molecular formula is C27H30N2O5S2. The Hall–Kier alpha value is -3.14. The standard InChI is InChI=1S/C27H30N2O5S2/c1-4-14-28(36(31,32)23-10-8-20(2)9-11-23)18-27(30)29-15-12-26-24(13-16-35-26)25(29)19-34-22-7-5-6-21(17-22)33-3/h4-11,13,16-17,25H,1,12,14-15,18-19H2,2-3H3/t25-/m1/s1. The van der Waals surface area contributed by atoms with Gasteiger partial charge >= 0.3 is 0 Å². The Morgan fingerprint density at radius 1 is 1.19 bits per heavy atom. The molecule has 0 fully saturated rings. The van der Waals surface area contributed by atoms with Gasteiger partial charge in [-0.1, -0.05) is 29.8 Å². The molecule has 0 saturated carbocycles. The summed E-state index contributed by atoms with van der Waals surface area (Å²) in [5.41, 5.74) is 2.00. The first-order chi connectivity index (χ1) is 17.3. The van der Waals surface area contributed by atoms with Crippen LogP contribution in [0, 0.1) is 6.92 Å². The highest BCUT2D eigenvalue weighted by Crippen LogP contribution is 2.34. The third kappa shape index (κ3) is 5.64. The minimum absolute atomic E-state index is 0.0322. The Labute approximate surface area is 216 Å². The Balaban J connectivity index is 1.56. The number of carbonyl (C=O) groups excluding carboxylic acids is 1. The summed E-state index contributed by atoms with van der Waals surface area (Å²) in [6.45, 7) is 6.08. The van der Waals surface area contributed by atoms with Crippen molar-refractivity contribution in [3.63, 3.8) is 0 Å². The summed E-state index contributed by atoms with van der Waals surface area (Å²) in [6.07, 6.45) is 2.22. The topological polar surface area (TPSA) is 76.2 Å². The smallest absolute Gasteiger partial charge is 0.243 e. The van der Waals surface area contributed by atoms with Crippen LogP contribution in [0.4, 0.5) is 0 Å². The minimum Gasteiger partial charge on any atom is -0.497 e. The van der Waals surface area contributed by atoms with Crippen LogP contribution in [-0.2, 0) is 21.2 Å². The number of hydrogen-bond acceptors (Lipinski definition) is 6. The van der Waals surface area contributed by atoms with Crippen LogP contribution < -0.4 is 9.47 Å². The predicted octanol–water partition coefficient (Wildman–Crippen LogP) is 4.45. The number of benzene rings is 2. The lowest BCUT2D eigenvalue weighted by molar-refractivity contribution is -0.135. The molecule has 2 heterocycles. The highest BCUT2D eigenvalue weighted by molar-refractivity contribution is 7.89. The zero-order valence-corrected chi connectivity index (χ0v) is 22.1. The van der Waals surface area contributed by atoms with Crippen molar-refractivity contribution in [2.45, 2.75) is 24.3 Å². The number of fused-ring (bicyclic) bond motifs is 1. The van der Waals surface area contributed by atoms with E-state index in [0.29, 0.717) is 18.0 Å². The van der Waals surface area contributed by atoms with Crippen LogP contribution >= 0.6 is 11.3 Å². The third-order valence-electron chi connectivity index (χ3n) is 6.17. The molecule has 0 radical (unpaired) electrons. The molecule has 1 aliphatic rings. The number of methoxy groups -OCH3 is 1. The largest absolute Gasteiger partial charge is 0.497 e. The SMILES string of the molecule is C=CCN(CC(=O)N1CCc2sccc2[C@H]1COc1cccc(OC)c1)S(=O)(=O)c1ccc(C)cc1. The Morgan fingerprint density at radius 3 is 2.67 bits per heavy atom. The molecule has 1 aliphatic heterocycles. The molecule has 0 N–H and O–H groups in total. The van der Waals surface area contributed by atoms with Crippen LogP contribution in [0.15, 0.2) is 77.5 Å². The molecule has 0 aliphatic carbocycles. The molecule has 7 nitrogen and oxygen atoms in total. The second kappa shape index (κ2) is 11.3. The Kier molecular flexibility index (Phi) is 8.13. The summed E-state index contributed by atoms with van der Waals surface area (Å²) in [4.78, 5) is 16.7. The number of thiophene rings is 1. The van der Waals surface area contributed by atoms with Crippen molar-refractivity contribution in [3.8, 4) is 11.5 Å². The highest BCUT2D eigenvalue weighted by atomic mass is 32.2. The van der Waals surface area contributed by atoms with Gasteiger partial charge in [-0.25, -0.2) is 8.42 Å². The van der Waals surface area contributed by atoms with Gasteiger partial charge in [-0.3, -0.25) is 4.79 Å². The van der Waals surface area contributed by atoms with Gasteiger partial charge in [-0.05, 0) is 54.6 Å². The highest BCUT2D eigenvalue weighted by Gasteiger charge is 2.35. The second-order valence-corrected chi connectivity index (χ2v) is 11.5. The first-order valence-corrected chi connectivity index (χ1v) is 14.0. The van der Waals surface area contributed by atoms with E-state index in [-0.39, 0.29) is 36.5 Å². The van der Waals surface area contributed by atoms with Crippen LogP contribution in [0.1, 0.15) is 22.0 Å². The number of aryl methyl sites for hydroxylation is 1. The average molecular weight is 527 g/mol. The van der Waals surface area contributed by atoms with Gasteiger partial charge in [0.15, 0.2) is 0 Å². The molecule has 1 amide bonds. The van der Waals surface area contributed by atoms with Gasteiger partial charge in [0, 0.05) is 24.0 Å². The summed E-state index contributed by atoms with van der Waals surface area (Å²) >= 11 is 1.66. The summed E-state index contributed by atoms with van der Waals surface area (Å²) in [6, 6.07) is 15.6. The van der Waals surface area contributed by atoms with Crippen molar-refractivity contribution >= 4 is 27.3 Å². The summed E-state index contributed by atoms with van der Waals surface area (Å²) in [5, 5.41) is 2.02. The molecule has 2 aromatic carbocycles. The van der Waals surface area contributed by atoms with Crippen molar-refractivity contribution < 1.29 is 22.7 Å². The maximum atomic E-state index is 13.6. The van der Waals surface area contributed by atoms with Gasteiger partial charge in [0.05, 0.1) is 24.6 Å². The zero-order chi connectivity index (χ0) is 25.7. The number of hydrogen-bond donors (Lipinski definition) is 0. The first-order valence-electron chi connectivity index (χ1n) is 11.6. The minimum atomic E-state index is -3.87. The van der Waals surface area contributed by atoms with Gasteiger partial charge in [-0.2, -0.15) is 4.31 Å². The van der Waals surface area contributed by atoms with E-state index in [9.17, 15) is 13.2 Å². The number of rotatable bonds is 10. The lowest BCUT2D eigenvalue weighted by atomic mass is 10.0. The van der Waals surface area contributed by atoms with Gasteiger partial charge in [0.1, 0.15) is 18.1 Å². The Bertz CT molecular complexity index is 1320. The van der Waals surface area contributed by atoms with E-state index < -0.39 is 10.0 Å². The number of carbonyl (C=O) groups is 1. The molecule has 1 atom stereocenters. The van der Waals surface area contributed by atoms with Gasteiger partial charge in [0.2, 0.25) is 15.9 Å². The van der Waals surface area contributed by atoms with Crippen molar-refractivity contribution in [1.82, 2.24) is 9.21 Å². The molecule has 9 heteroatoms. The van der Waals surface area contributed by atoms with Crippen LogP contribution in [0.25, 0.3) is 0 Å². The predicted molar refractivity (Wildman–Crippen MR) is 141 cm³/mol. The molecular weight excluding hydrogens is 496 g/mol. The van der Waals surface area contributed by atoms with E-state index in [1.165, 1.54) is 15.3 Å². The summed E-state index contributed by atoms with van der Waals surface area (Å²) in [5.74, 6) is 1.05. The molecule has 1 aromatic heterocycles. The second-order valence-electron chi connectivity index (χ2n) is 8.54. The molecule has 3 aromatic rings. The van der Waals surface area contributed by atoms with E-state index in [1.807, 2.05) is 36.6 Å². The maximum Gasteiger partial charge on any atom is 0.243 e. The molecule has 4 rings (SSSR count). The van der Waals surface area contributed by atoms with Gasteiger partial charge in [0.25, 0.3) is 0 Å². The lowest BCUT2D eigenvalue weighted by Crippen LogP contribution is -2.47. The quantitative estimate of drug-likeness (QED) is 0.365. The molecule has 0 unspecified atom stereocenters. The molecule has 0 saturated heterocycles. The van der Waals surface area contributed by atoms with E-state index in [2.05, 4.69) is 6.58 Å². The maximum absolute atomic E-state index is 13.6. The van der Waals surface area contributed by atoms with E-state index >= 15 is 0 Å². The van der Waals surface area contributed by atoms with Crippen molar-refractivity contribution in [2.24, 2.45) is 0 Å². The fourth-order valence-electron chi connectivity index (χ4n) is 4.23. The number of sulfonamides is 1. The molecule has 36 heavy (non-hydrogen) atoms. The zero-order valence-electron chi connectivity index (χ0n) is 20.4. The van der Waals surface area contributed by atoms with E-state index in [0.717, 1.165) is 17.5 Å². The molecule has 0 bridgehead atoms. The van der Waals surface area contributed by atoms with Crippen molar-refractivity contribution in [1.29, 1.82) is 0 Å². The summed E-state index contributed by atoms with van der Waals surface area (Å²) < 4.78 is 39.2. The van der Waals surface area contributed by atoms with Crippen LogP contribution in [0.5, 0.6) is 11.5 Å². The van der Waals surface area contributed by atoms with Crippen LogP contribution in [-0.4, -0.2) is 56.9 Å². The fraction of sp³-hybridized carbons (Fsp3) is 0.296. The molecule has 190 valence electrons. The summed E-state index contributed by atoms with van der Waals surface area (Å²) in [7, 11) is -2.28. The number of amides is 1. The van der Waals surface area contributed by atoms with Gasteiger partial charge < -0.3 is 14.4 Å². The fourth-order valence-corrected chi connectivity index (χ4v) is 6.52. The van der Waals surface area contributed by atoms with E-state index in [4.69, 9.17) is 9.47 Å². The van der Waals surface area contributed by atoms with Gasteiger partial charge in [-0.15, -0.1) is 17.9 Å². The molecule has 0 spiro atoms. The van der Waals surface area contributed by atoms with Crippen LogP contribution in [0.2, 0.25) is 0 Å². The lowest BCUT2D eigenvalue weighted by Gasteiger charge is -2.36. The van der Waals surface area contributed by atoms with E-state index in [1.54, 1.807) is 53.7 Å². The average Bonchev–Trinajstić information content (AvgIpc) is 3.36. The number of nitrogens with zero attached hydrogens (tertiary/aromatic N) is 2. The Morgan fingerprint density at radius 2 is 1.94 bits per heavy atom. The third-order valence-corrected chi connectivity index (χ3v) is 8.99. The van der Waals surface area contributed by atoms with Crippen molar-refractivity contribution in [2.75, 3.05) is 33.4 Å². The van der Waals surface area contributed by atoms with Crippen LogP contribution in [0.3, 0.4) is 0 Å². The number of ether oxygens (including phenoxy) is 2. The normalized spacial score (nSPS) is 15.4.